The summed E-state index contributed by atoms with van der Waals surface area (Å²) in [4.78, 5) is 14.1. The van der Waals surface area contributed by atoms with Crippen molar-refractivity contribution in [3.8, 4) is 0 Å². The summed E-state index contributed by atoms with van der Waals surface area (Å²) in [6.45, 7) is 0. The lowest BCUT2D eigenvalue weighted by atomic mass is 9.96. The minimum atomic E-state index is -0.340. The van der Waals surface area contributed by atoms with Crippen molar-refractivity contribution in [3.05, 3.63) is 95.5 Å². The lowest BCUT2D eigenvalue weighted by Crippen LogP contribution is -2.25. The Kier molecular flexibility index (Phi) is 5.19. The summed E-state index contributed by atoms with van der Waals surface area (Å²) in [6, 6.07) is 20.3. The van der Waals surface area contributed by atoms with Crippen molar-refractivity contribution >= 4 is 5.97 Å². The van der Waals surface area contributed by atoms with Crippen molar-refractivity contribution < 1.29 is 14.3 Å². The van der Waals surface area contributed by atoms with Gasteiger partial charge in [-0.25, -0.2) is 4.79 Å². The molecule has 0 N–H and O–H groups in total. The average molecular weight is 335 g/mol. The fraction of sp³-hybridized carbons (Fsp3) is 0.190. The molecule has 0 aromatic heterocycles. The molecular formula is C21H21NO3. The molecule has 2 aromatic rings. The number of rotatable bonds is 5. The highest BCUT2D eigenvalue weighted by Gasteiger charge is 2.25. The van der Waals surface area contributed by atoms with Crippen LogP contribution in [0.4, 0.5) is 0 Å². The maximum Gasteiger partial charge on any atom is 0.335 e. The van der Waals surface area contributed by atoms with Gasteiger partial charge < -0.3 is 14.4 Å². The highest BCUT2D eigenvalue weighted by Crippen LogP contribution is 2.33. The zero-order valence-corrected chi connectivity index (χ0v) is 14.4. The van der Waals surface area contributed by atoms with E-state index < -0.39 is 0 Å². The summed E-state index contributed by atoms with van der Waals surface area (Å²) in [7, 11) is 3.01. The smallest absolute Gasteiger partial charge is 0.335 e. The van der Waals surface area contributed by atoms with Crippen molar-refractivity contribution in [2.75, 3.05) is 14.2 Å². The van der Waals surface area contributed by atoms with Gasteiger partial charge in [-0.3, -0.25) is 0 Å². The summed E-state index contributed by atoms with van der Waals surface area (Å²) >= 11 is 0. The quantitative estimate of drug-likeness (QED) is 0.774. The molecule has 4 nitrogen and oxygen atoms in total. The first-order valence-corrected chi connectivity index (χ1v) is 8.14. The number of hydrogen-bond donors (Lipinski definition) is 0. The molecule has 0 fully saturated rings. The topological polar surface area (TPSA) is 38.8 Å². The molecule has 1 aliphatic rings. The van der Waals surface area contributed by atoms with E-state index in [0.717, 1.165) is 16.9 Å². The number of benzene rings is 2. The van der Waals surface area contributed by atoms with Crippen LogP contribution in [0.2, 0.25) is 0 Å². The number of ether oxygens (including phenoxy) is 2. The van der Waals surface area contributed by atoms with Crippen LogP contribution in [0.5, 0.6) is 0 Å². The van der Waals surface area contributed by atoms with Crippen molar-refractivity contribution in [1.29, 1.82) is 0 Å². The molecule has 25 heavy (non-hydrogen) atoms. The van der Waals surface area contributed by atoms with Gasteiger partial charge in [0.1, 0.15) is 5.76 Å². The van der Waals surface area contributed by atoms with Crippen LogP contribution in [0.3, 0.4) is 0 Å². The zero-order valence-electron chi connectivity index (χ0n) is 14.4. The van der Waals surface area contributed by atoms with Gasteiger partial charge in [-0.1, -0.05) is 60.7 Å². The third-order valence-electron chi connectivity index (χ3n) is 4.20. The molecular weight excluding hydrogens is 314 g/mol. The maximum atomic E-state index is 12.1. The van der Waals surface area contributed by atoms with Crippen LogP contribution in [0.1, 0.15) is 23.6 Å². The van der Waals surface area contributed by atoms with Gasteiger partial charge in [-0.2, -0.15) is 0 Å². The second kappa shape index (κ2) is 7.71. The Morgan fingerprint density at radius 3 is 1.96 bits per heavy atom. The van der Waals surface area contributed by atoms with Crippen LogP contribution in [-0.4, -0.2) is 25.1 Å². The second-order valence-corrected chi connectivity index (χ2v) is 5.79. The maximum absolute atomic E-state index is 12.1. The van der Waals surface area contributed by atoms with Crippen LogP contribution in [0.25, 0.3) is 0 Å². The van der Waals surface area contributed by atoms with Crippen molar-refractivity contribution in [1.82, 2.24) is 4.90 Å². The number of methoxy groups -OCH3 is 2. The highest BCUT2D eigenvalue weighted by molar-refractivity contribution is 5.89. The van der Waals surface area contributed by atoms with E-state index in [1.165, 1.54) is 7.11 Å². The van der Waals surface area contributed by atoms with Gasteiger partial charge in [0.15, 0.2) is 0 Å². The van der Waals surface area contributed by atoms with Gasteiger partial charge in [0.25, 0.3) is 0 Å². The number of carbonyl (C=O) groups is 1. The number of carbonyl (C=O) groups excluding carboxylic acids is 1. The molecule has 128 valence electrons. The molecule has 0 unspecified atom stereocenters. The Bertz CT molecular complexity index is 742. The van der Waals surface area contributed by atoms with E-state index in [-0.39, 0.29) is 12.0 Å². The Morgan fingerprint density at radius 1 is 0.920 bits per heavy atom. The largest absolute Gasteiger partial charge is 0.499 e. The summed E-state index contributed by atoms with van der Waals surface area (Å²) in [6.07, 6.45) is 4.21. The fourth-order valence-corrected chi connectivity index (χ4v) is 3.00. The third kappa shape index (κ3) is 3.74. The molecule has 0 aliphatic carbocycles. The van der Waals surface area contributed by atoms with Crippen LogP contribution < -0.4 is 0 Å². The first kappa shape index (κ1) is 16.8. The van der Waals surface area contributed by atoms with E-state index in [9.17, 15) is 4.79 Å². The summed E-state index contributed by atoms with van der Waals surface area (Å²) in [5.74, 6) is 0.382. The van der Waals surface area contributed by atoms with Gasteiger partial charge in [0.2, 0.25) is 0 Å². The standard InChI is InChI=1S/C21H21NO3/c1-24-19-13-18(21(23)25-2)14-22(15-19)20(16-9-5-3-6-10-16)17-11-7-4-8-12-17/h3-12,14-15,20H,13H2,1-2H3. The number of nitrogens with zero attached hydrogens (tertiary/aromatic N) is 1. The molecule has 0 saturated heterocycles. The van der Waals surface area contributed by atoms with Gasteiger partial charge >= 0.3 is 5.97 Å². The van der Waals surface area contributed by atoms with E-state index in [1.807, 2.05) is 53.7 Å². The van der Waals surface area contributed by atoms with E-state index in [0.29, 0.717) is 12.0 Å². The first-order valence-electron chi connectivity index (χ1n) is 8.14. The lowest BCUT2D eigenvalue weighted by Gasteiger charge is -2.32. The molecule has 3 rings (SSSR count). The summed E-state index contributed by atoms with van der Waals surface area (Å²) in [5, 5.41) is 0. The monoisotopic (exact) mass is 335 g/mol. The molecule has 0 atom stereocenters. The normalized spacial score (nSPS) is 14.0. The molecule has 0 bridgehead atoms. The lowest BCUT2D eigenvalue weighted by molar-refractivity contribution is -0.136. The van der Waals surface area contributed by atoms with Crippen LogP contribution in [0, 0.1) is 0 Å². The molecule has 1 aliphatic heterocycles. The number of esters is 1. The van der Waals surface area contributed by atoms with Crippen molar-refractivity contribution in [3.63, 3.8) is 0 Å². The Labute approximate surface area is 148 Å². The molecule has 1 heterocycles. The molecule has 0 saturated carbocycles. The van der Waals surface area contributed by atoms with E-state index in [2.05, 4.69) is 24.3 Å². The van der Waals surface area contributed by atoms with Gasteiger partial charge in [0.05, 0.1) is 25.8 Å². The fourth-order valence-electron chi connectivity index (χ4n) is 3.00. The van der Waals surface area contributed by atoms with Gasteiger partial charge in [-0.05, 0) is 11.1 Å². The predicted molar refractivity (Wildman–Crippen MR) is 96.4 cm³/mol. The van der Waals surface area contributed by atoms with E-state index in [4.69, 9.17) is 9.47 Å². The van der Waals surface area contributed by atoms with Gasteiger partial charge in [-0.15, -0.1) is 0 Å². The SMILES string of the molecule is COC(=O)C1=CN(C(c2ccccc2)c2ccccc2)C=C(OC)C1. The minimum Gasteiger partial charge on any atom is -0.499 e. The predicted octanol–water partition coefficient (Wildman–Crippen LogP) is 4.03. The molecule has 0 amide bonds. The summed E-state index contributed by atoms with van der Waals surface area (Å²) in [5.41, 5.74) is 2.82. The molecule has 2 aromatic carbocycles. The van der Waals surface area contributed by atoms with Crippen LogP contribution >= 0.6 is 0 Å². The molecule has 4 heteroatoms. The third-order valence-corrected chi connectivity index (χ3v) is 4.20. The molecule has 0 radical (unpaired) electrons. The van der Waals surface area contributed by atoms with Gasteiger partial charge in [0, 0.05) is 18.8 Å². The van der Waals surface area contributed by atoms with Crippen molar-refractivity contribution in [2.24, 2.45) is 0 Å². The highest BCUT2D eigenvalue weighted by atomic mass is 16.5. The Hall–Kier alpha value is -3.01. The number of allylic oxidation sites excluding steroid dienone is 1. The Balaban J connectivity index is 2.08. The first-order chi connectivity index (χ1) is 12.2. The van der Waals surface area contributed by atoms with Crippen molar-refractivity contribution in [2.45, 2.75) is 12.5 Å². The average Bonchev–Trinajstić information content (AvgIpc) is 2.69. The van der Waals surface area contributed by atoms with Crippen LogP contribution in [0.15, 0.2) is 84.4 Å². The second-order valence-electron chi connectivity index (χ2n) is 5.79. The van der Waals surface area contributed by atoms with Crippen LogP contribution in [-0.2, 0) is 14.3 Å². The Morgan fingerprint density at radius 2 is 1.48 bits per heavy atom. The minimum absolute atomic E-state index is 0.0625. The zero-order chi connectivity index (χ0) is 17.6. The molecule has 0 spiro atoms. The van der Waals surface area contributed by atoms with E-state index >= 15 is 0 Å². The summed E-state index contributed by atoms with van der Waals surface area (Å²) < 4.78 is 10.3. The van der Waals surface area contributed by atoms with E-state index in [1.54, 1.807) is 7.11 Å². The number of hydrogen-bond acceptors (Lipinski definition) is 4.